The van der Waals surface area contributed by atoms with E-state index in [0.717, 1.165) is 5.56 Å². The number of nitrogens with zero attached hydrogens (tertiary/aromatic N) is 1. The third-order valence-electron chi connectivity index (χ3n) is 6.56. The second kappa shape index (κ2) is 12.0. The molecular formula is C26H29ClN4O6S. The number of likely N-dealkylation sites (tertiary alicyclic amines) is 1. The Balaban J connectivity index is 1.51. The second-order valence-corrected chi connectivity index (χ2v) is 10.5. The molecule has 202 valence electrons. The Morgan fingerprint density at radius 2 is 2.00 bits per heavy atom. The number of carbonyl (C=O) groups is 4. The van der Waals surface area contributed by atoms with E-state index in [4.69, 9.17) is 16.3 Å². The number of halogens is 1. The van der Waals surface area contributed by atoms with E-state index in [9.17, 15) is 19.2 Å². The second-order valence-electron chi connectivity index (χ2n) is 9.06. The monoisotopic (exact) mass is 560 g/mol. The molecule has 2 aromatic rings. The highest BCUT2D eigenvalue weighted by atomic mass is 35.5. The van der Waals surface area contributed by atoms with Crippen LogP contribution in [0.2, 0.25) is 5.02 Å². The highest BCUT2D eigenvalue weighted by Crippen LogP contribution is 2.43. The number of hydrogen-bond donors (Lipinski definition) is 3. The van der Waals surface area contributed by atoms with Gasteiger partial charge in [0.2, 0.25) is 5.91 Å². The number of nitrogens with one attached hydrogen (secondary N) is 3. The molecule has 12 heteroatoms. The lowest BCUT2D eigenvalue weighted by Gasteiger charge is -2.45. The van der Waals surface area contributed by atoms with Gasteiger partial charge in [0.15, 0.2) is 5.60 Å². The Hall–Kier alpha value is -3.44. The Morgan fingerprint density at radius 3 is 2.71 bits per heavy atom. The smallest absolute Gasteiger partial charge is 0.412 e. The van der Waals surface area contributed by atoms with Crippen LogP contribution in [0.25, 0.3) is 0 Å². The van der Waals surface area contributed by atoms with Gasteiger partial charge < -0.3 is 19.7 Å². The first-order valence-electron chi connectivity index (χ1n) is 12.1. The molecule has 2 atom stereocenters. The number of carbonyl (C=O) groups excluding carboxylic acids is 4. The van der Waals surface area contributed by atoms with Crippen molar-refractivity contribution >= 4 is 58.7 Å². The van der Waals surface area contributed by atoms with E-state index in [-0.39, 0.29) is 12.5 Å². The maximum Gasteiger partial charge on any atom is 0.412 e. The van der Waals surface area contributed by atoms with Crippen molar-refractivity contribution in [2.45, 2.75) is 30.9 Å². The van der Waals surface area contributed by atoms with E-state index >= 15 is 0 Å². The molecule has 0 unspecified atom stereocenters. The number of fused-ring (bicyclic) bond motifs is 2. The minimum Gasteiger partial charge on any atom is -0.453 e. The lowest BCUT2D eigenvalue weighted by molar-refractivity contribution is -0.141. The molecule has 2 aliphatic rings. The van der Waals surface area contributed by atoms with Gasteiger partial charge >= 0.3 is 12.2 Å². The minimum atomic E-state index is -1.02. The summed E-state index contributed by atoms with van der Waals surface area (Å²) in [6.45, 7) is 0.632. The average molecular weight is 561 g/mol. The SMILES string of the molecule is COC(=O)Nc1ccc(C(=O)N[C@@H](CCSC)C(=O)N2CCC[C@@]3(C2)OC(=O)Nc2ccc(Cl)cc23)cc1. The highest BCUT2D eigenvalue weighted by Gasteiger charge is 2.47. The van der Waals surface area contributed by atoms with Crippen LogP contribution in [0.1, 0.15) is 35.2 Å². The fraction of sp³-hybridized carbons (Fsp3) is 0.385. The van der Waals surface area contributed by atoms with Crippen molar-refractivity contribution in [3.63, 3.8) is 0 Å². The summed E-state index contributed by atoms with van der Waals surface area (Å²) in [6.07, 6.45) is 2.33. The van der Waals surface area contributed by atoms with Gasteiger partial charge in [0.1, 0.15) is 6.04 Å². The van der Waals surface area contributed by atoms with Gasteiger partial charge in [-0.25, -0.2) is 9.59 Å². The van der Waals surface area contributed by atoms with E-state index in [1.54, 1.807) is 59.1 Å². The zero-order chi connectivity index (χ0) is 27.3. The van der Waals surface area contributed by atoms with Crippen LogP contribution in [-0.2, 0) is 19.9 Å². The largest absolute Gasteiger partial charge is 0.453 e. The molecular weight excluding hydrogens is 532 g/mol. The molecule has 10 nitrogen and oxygen atoms in total. The molecule has 38 heavy (non-hydrogen) atoms. The number of amides is 4. The van der Waals surface area contributed by atoms with Crippen molar-refractivity contribution in [2.24, 2.45) is 0 Å². The molecule has 0 aliphatic carbocycles. The predicted octanol–water partition coefficient (Wildman–Crippen LogP) is 4.45. The van der Waals surface area contributed by atoms with E-state index in [2.05, 4.69) is 20.7 Å². The molecule has 2 heterocycles. The van der Waals surface area contributed by atoms with E-state index in [1.807, 2.05) is 6.26 Å². The van der Waals surface area contributed by atoms with Gasteiger partial charge in [-0.2, -0.15) is 11.8 Å². The number of thioether (sulfide) groups is 1. The first-order valence-corrected chi connectivity index (χ1v) is 13.9. The summed E-state index contributed by atoms with van der Waals surface area (Å²) in [5, 5.41) is 8.60. The van der Waals surface area contributed by atoms with Gasteiger partial charge in [-0.1, -0.05) is 11.6 Å². The van der Waals surface area contributed by atoms with Crippen LogP contribution < -0.4 is 16.0 Å². The molecule has 0 aromatic heterocycles. The van der Waals surface area contributed by atoms with Crippen molar-refractivity contribution in [1.29, 1.82) is 0 Å². The summed E-state index contributed by atoms with van der Waals surface area (Å²) in [5.41, 5.74) is 1.13. The molecule has 0 saturated carbocycles. The molecule has 4 amide bonds. The van der Waals surface area contributed by atoms with E-state index in [0.29, 0.717) is 53.5 Å². The maximum absolute atomic E-state index is 13.7. The van der Waals surface area contributed by atoms with Crippen LogP contribution in [0.15, 0.2) is 42.5 Å². The van der Waals surface area contributed by atoms with Crippen molar-refractivity contribution in [1.82, 2.24) is 10.2 Å². The Labute approximate surface area is 229 Å². The zero-order valence-corrected chi connectivity index (χ0v) is 22.6. The first kappa shape index (κ1) is 27.6. The highest BCUT2D eigenvalue weighted by molar-refractivity contribution is 7.98. The summed E-state index contributed by atoms with van der Waals surface area (Å²) in [4.78, 5) is 52.2. The summed E-state index contributed by atoms with van der Waals surface area (Å²) in [5.74, 6) is 0.00877. The van der Waals surface area contributed by atoms with E-state index < -0.39 is 29.7 Å². The number of benzene rings is 2. The Kier molecular flexibility index (Phi) is 8.68. The normalized spacial score (nSPS) is 19.0. The quantitative estimate of drug-likeness (QED) is 0.456. The number of hydrogen-bond acceptors (Lipinski definition) is 7. The molecule has 2 aliphatic heterocycles. The zero-order valence-electron chi connectivity index (χ0n) is 21.0. The van der Waals surface area contributed by atoms with Crippen LogP contribution in [0.3, 0.4) is 0 Å². The van der Waals surface area contributed by atoms with Crippen LogP contribution in [0.4, 0.5) is 21.0 Å². The molecule has 1 spiro atoms. The van der Waals surface area contributed by atoms with Crippen molar-refractivity contribution < 1.29 is 28.7 Å². The lowest BCUT2D eigenvalue weighted by atomic mass is 9.83. The van der Waals surface area contributed by atoms with Crippen LogP contribution >= 0.6 is 23.4 Å². The molecule has 1 saturated heterocycles. The number of piperidine rings is 1. The van der Waals surface area contributed by atoms with Crippen molar-refractivity contribution in [2.75, 3.05) is 42.8 Å². The van der Waals surface area contributed by atoms with Gasteiger partial charge in [0.05, 0.1) is 19.3 Å². The number of methoxy groups -OCH3 is 1. The third kappa shape index (κ3) is 6.16. The number of ether oxygens (including phenoxy) is 2. The number of rotatable bonds is 7. The molecule has 4 rings (SSSR count). The molecule has 3 N–H and O–H groups in total. The fourth-order valence-electron chi connectivity index (χ4n) is 4.71. The Morgan fingerprint density at radius 1 is 1.24 bits per heavy atom. The third-order valence-corrected chi connectivity index (χ3v) is 7.44. The molecule has 0 radical (unpaired) electrons. The Bertz CT molecular complexity index is 1230. The average Bonchev–Trinajstić information content (AvgIpc) is 2.91. The van der Waals surface area contributed by atoms with Crippen LogP contribution in [-0.4, -0.2) is 67.2 Å². The van der Waals surface area contributed by atoms with Crippen LogP contribution in [0.5, 0.6) is 0 Å². The molecule has 2 aromatic carbocycles. The molecule has 1 fully saturated rings. The summed E-state index contributed by atoms with van der Waals surface area (Å²) in [7, 11) is 1.26. The maximum atomic E-state index is 13.7. The van der Waals surface area contributed by atoms with Gasteiger partial charge in [-0.05, 0) is 73.7 Å². The fourth-order valence-corrected chi connectivity index (χ4v) is 5.36. The first-order chi connectivity index (χ1) is 18.2. The van der Waals surface area contributed by atoms with Crippen molar-refractivity contribution in [3.8, 4) is 0 Å². The van der Waals surface area contributed by atoms with Crippen LogP contribution in [0, 0.1) is 0 Å². The van der Waals surface area contributed by atoms with Gasteiger partial charge in [-0.15, -0.1) is 0 Å². The topological polar surface area (TPSA) is 126 Å². The van der Waals surface area contributed by atoms with Gasteiger partial charge in [-0.3, -0.25) is 20.2 Å². The summed E-state index contributed by atoms with van der Waals surface area (Å²) < 4.78 is 10.4. The lowest BCUT2D eigenvalue weighted by Crippen LogP contribution is -2.57. The number of anilines is 2. The van der Waals surface area contributed by atoms with Gasteiger partial charge in [0.25, 0.3) is 5.91 Å². The summed E-state index contributed by atoms with van der Waals surface area (Å²) in [6, 6.07) is 10.7. The predicted molar refractivity (Wildman–Crippen MR) is 146 cm³/mol. The standard InChI is InChI=1S/C26H29ClN4O6S/c1-36-24(34)28-18-7-4-16(5-8-18)22(32)29-21(10-13-38-2)23(33)31-12-3-11-26(15-31)19-14-17(27)6-9-20(19)30-25(35)37-26/h4-9,14,21H,3,10-13,15H2,1-2H3,(H,28,34)(H,29,32)(H,30,35)/t21-,26-/m0/s1. The minimum absolute atomic E-state index is 0.159. The van der Waals surface area contributed by atoms with Crippen molar-refractivity contribution in [3.05, 3.63) is 58.6 Å². The summed E-state index contributed by atoms with van der Waals surface area (Å²) >= 11 is 7.83. The van der Waals surface area contributed by atoms with Gasteiger partial charge in [0, 0.05) is 28.4 Å². The molecule has 0 bridgehead atoms. The van der Waals surface area contributed by atoms with E-state index in [1.165, 1.54) is 7.11 Å².